The molecule has 2 aromatic carbocycles. The highest BCUT2D eigenvalue weighted by atomic mass is 35.5. The Labute approximate surface area is 217 Å². The van der Waals surface area contributed by atoms with Gasteiger partial charge in [0.2, 0.25) is 28.6 Å². The van der Waals surface area contributed by atoms with Gasteiger partial charge in [-0.05, 0) is 51.0 Å². The lowest BCUT2D eigenvalue weighted by Crippen LogP contribution is -2.52. The average molecular weight is 538 g/mol. The Bertz CT molecular complexity index is 1210. The van der Waals surface area contributed by atoms with Crippen molar-refractivity contribution in [1.82, 2.24) is 10.2 Å². The van der Waals surface area contributed by atoms with Crippen molar-refractivity contribution in [3.8, 4) is 11.5 Å². The van der Waals surface area contributed by atoms with Crippen LogP contribution in [0.2, 0.25) is 5.02 Å². The van der Waals surface area contributed by atoms with Gasteiger partial charge in [0.15, 0.2) is 11.5 Å². The van der Waals surface area contributed by atoms with E-state index in [4.69, 9.17) is 21.1 Å². The second-order valence-corrected chi connectivity index (χ2v) is 11.1. The number of nitrogens with zero attached hydrogens (tertiary/aromatic N) is 2. The second kappa shape index (κ2) is 11.8. The van der Waals surface area contributed by atoms with Crippen LogP contribution in [-0.2, 0) is 26.2 Å². The lowest BCUT2D eigenvalue weighted by molar-refractivity contribution is -0.139. The Morgan fingerprint density at radius 2 is 1.78 bits per heavy atom. The first-order valence-electron chi connectivity index (χ1n) is 11.8. The second-order valence-electron chi connectivity index (χ2n) is 8.55. The third-order valence-electron chi connectivity index (χ3n) is 6.09. The summed E-state index contributed by atoms with van der Waals surface area (Å²) in [6.07, 6.45) is 0.726. The first-order valence-corrected chi connectivity index (χ1v) is 13.8. The van der Waals surface area contributed by atoms with Crippen molar-refractivity contribution in [2.75, 3.05) is 23.4 Å². The molecular weight excluding hydrogens is 506 g/mol. The van der Waals surface area contributed by atoms with E-state index >= 15 is 0 Å². The Morgan fingerprint density at radius 1 is 1.08 bits per heavy atom. The number of fused-ring (bicyclic) bond motifs is 1. The maximum absolute atomic E-state index is 13.7. The molecule has 1 aliphatic rings. The first kappa shape index (κ1) is 27.6. The van der Waals surface area contributed by atoms with Gasteiger partial charge in [-0.2, -0.15) is 0 Å². The van der Waals surface area contributed by atoms with Gasteiger partial charge in [-0.3, -0.25) is 13.9 Å². The summed E-state index contributed by atoms with van der Waals surface area (Å²) < 4.78 is 37.8. The SMILES string of the molecule is CCC(C)NC(=O)C(C)N(Cc1ccccc1Cl)C(=O)CN(c1ccc2c(c1)OCO2)S(=O)(=O)CC. The van der Waals surface area contributed by atoms with Crippen molar-refractivity contribution in [3.63, 3.8) is 0 Å². The molecule has 0 aliphatic carbocycles. The summed E-state index contributed by atoms with van der Waals surface area (Å²) in [6, 6.07) is 10.8. The number of sulfonamides is 1. The lowest BCUT2D eigenvalue weighted by atomic mass is 10.1. The van der Waals surface area contributed by atoms with E-state index in [0.717, 1.165) is 10.7 Å². The standard InChI is InChI=1S/C25H32ClN3O6S/c1-5-17(3)27-25(31)18(4)28(14-19-9-7-8-10-21(19)26)24(30)15-29(36(32,33)6-2)20-11-12-22-23(13-20)35-16-34-22/h7-13,17-18H,5-6,14-16H2,1-4H3,(H,27,31). The van der Waals surface area contributed by atoms with Crippen molar-refractivity contribution in [3.05, 3.63) is 53.1 Å². The van der Waals surface area contributed by atoms with Crippen molar-refractivity contribution >= 4 is 39.1 Å². The zero-order chi connectivity index (χ0) is 26.5. The lowest BCUT2D eigenvalue weighted by Gasteiger charge is -2.32. The molecule has 0 radical (unpaired) electrons. The van der Waals surface area contributed by atoms with Crippen LogP contribution in [0.1, 0.15) is 39.7 Å². The Morgan fingerprint density at radius 3 is 2.44 bits per heavy atom. The van der Waals surface area contributed by atoms with Crippen LogP contribution in [-0.4, -0.2) is 56.3 Å². The fourth-order valence-corrected chi connectivity index (χ4v) is 4.87. The van der Waals surface area contributed by atoms with Crippen molar-refractivity contribution < 1.29 is 27.5 Å². The van der Waals surface area contributed by atoms with Gasteiger partial charge in [-0.15, -0.1) is 0 Å². The van der Waals surface area contributed by atoms with Crippen LogP contribution < -0.4 is 19.1 Å². The quantitative estimate of drug-likeness (QED) is 0.470. The first-order chi connectivity index (χ1) is 17.1. The molecule has 1 aliphatic heterocycles. The van der Waals surface area contributed by atoms with Crippen LogP contribution in [0, 0.1) is 0 Å². The molecule has 0 spiro atoms. The van der Waals surface area contributed by atoms with Gasteiger partial charge < -0.3 is 19.7 Å². The molecule has 3 rings (SSSR count). The molecule has 0 saturated carbocycles. The van der Waals surface area contributed by atoms with Crippen molar-refractivity contribution in [1.29, 1.82) is 0 Å². The maximum atomic E-state index is 13.7. The van der Waals surface area contributed by atoms with Gasteiger partial charge in [-0.25, -0.2) is 8.42 Å². The molecule has 0 aromatic heterocycles. The van der Waals surface area contributed by atoms with E-state index in [2.05, 4.69) is 5.32 Å². The molecule has 2 amide bonds. The van der Waals surface area contributed by atoms with Gasteiger partial charge in [-0.1, -0.05) is 36.7 Å². The minimum absolute atomic E-state index is 0.0344. The van der Waals surface area contributed by atoms with Crippen LogP contribution in [0.4, 0.5) is 5.69 Å². The zero-order valence-corrected chi connectivity index (χ0v) is 22.4. The number of ether oxygens (including phenoxy) is 2. The fourth-order valence-electron chi connectivity index (χ4n) is 3.62. The molecule has 11 heteroatoms. The number of halogens is 1. The number of benzene rings is 2. The predicted octanol–water partition coefficient (Wildman–Crippen LogP) is 3.56. The van der Waals surface area contributed by atoms with Crippen molar-refractivity contribution in [2.24, 2.45) is 0 Å². The van der Waals surface area contributed by atoms with Crippen molar-refractivity contribution in [2.45, 2.75) is 52.7 Å². The van der Waals surface area contributed by atoms with E-state index in [-0.39, 0.29) is 36.7 Å². The van der Waals surface area contributed by atoms with Crippen LogP contribution in [0.15, 0.2) is 42.5 Å². The molecule has 2 unspecified atom stereocenters. The number of carbonyl (C=O) groups is 2. The number of nitrogens with one attached hydrogen (secondary N) is 1. The molecule has 1 N–H and O–H groups in total. The summed E-state index contributed by atoms with van der Waals surface area (Å²) in [7, 11) is -3.85. The smallest absolute Gasteiger partial charge is 0.244 e. The van der Waals surface area contributed by atoms with Gasteiger partial charge in [0.1, 0.15) is 12.6 Å². The number of hydrogen-bond donors (Lipinski definition) is 1. The van der Waals surface area contributed by atoms with Crippen LogP contribution in [0.3, 0.4) is 0 Å². The third-order valence-corrected chi connectivity index (χ3v) is 8.20. The Hall–Kier alpha value is -2.98. The maximum Gasteiger partial charge on any atom is 0.244 e. The van der Waals surface area contributed by atoms with Gasteiger partial charge in [0, 0.05) is 23.7 Å². The molecule has 0 fully saturated rings. The topological polar surface area (TPSA) is 105 Å². The minimum Gasteiger partial charge on any atom is -0.454 e. The molecule has 196 valence electrons. The highest BCUT2D eigenvalue weighted by Crippen LogP contribution is 2.36. The van der Waals surface area contributed by atoms with E-state index in [1.54, 1.807) is 43.3 Å². The van der Waals surface area contributed by atoms with E-state index in [1.807, 2.05) is 13.8 Å². The molecule has 2 aromatic rings. The predicted molar refractivity (Wildman–Crippen MR) is 139 cm³/mol. The van der Waals surface area contributed by atoms with E-state index in [1.165, 1.54) is 17.9 Å². The van der Waals surface area contributed by atoms with Gasteiger partial charge in [0.05, 0.1) is 11.4 Å². The molecule has 2 atom stereocenters. The molecular formula is C25H32ClN3O6S. The van der Waals surface area contributed by atoms with Crippen LogP contribution in [0.5, 0.6) is 11.5 Å². The highest BCUT2D eigenvalue weighted by Gasteiger charge is 2.32. The number of anilines is 1. The van der Waals surface area contributed by atoms with E-state index in [0.29, 0.717) is 22.1 Å². The average Bonchev–Trinajstić information content (AvgIpc) is 3.34. The summed E-state index contributed by atoms with van der Waals surface area (Å²) in [5, 5.41) is 3.33. The molecule has 36 heavy (non-hydrogen) atoms. The Kier molecular flexibility index (Phi) is 9.08. The Balaban J connectivity index is 1.95. The van der Waals surface area contributed by atoms with Crippen LogP contribution >= 0.6 is 11.6 Å². The minimum atomic E-state index is -3.85. The molecule has 0 saturated heterocycles. The number of hydrogen-bond acceptors (Lipinski definition) is 6. The zero-order valence-electron chi connectivity index (χ0n) is 20.9. The number of amides is 2. The third kappa shape index (κ3) is 6.41. The summed E-state index contributed by atoms with van der Waals surface area (Å²) in [5.41, 5.74) is 0.910. The summed E-state index contributed by atoms with van der Waals surface area (Å²) in [4.78, 5) is 28.0. The van der Waals surface area contributed by atoms with E-state index < -0.39 is 28.5 Å². The normalized spacial score (nSPS) is 14.1. The number of rotatable bonds is 11. The number of carbonyl (C=O) groups excluding carboxylic acids is 2. The fraction of sp³-hybridized carbons (Fsp3) is 0.440. The summed E-state index contributed by atoms with van der Waals surface area (Å²) in [6.45, 7) is 6.51. The molecule has 9 nitrogen and oxygen atoms in total. The largest absolute Gasteiger partial charge is 0.454 e. The summed E-state index contributed by atoms with van der Waals surface area (Å²) >= 11 is 6.34. The molecule has 0 bridgehead atoms. The highest BCUT2D eigenvalue weighted by molar-refractivity contribution is 7.92. The van der Waals surface area contributed by atoms with Gasteiger partial charge in [0.25, 0.3) is 0 Å². The monoisotopic (exact) mass is 537 g/mol. The van der Waals surface area contributed by atoms with E-state index in [9.17, 15) is 18.0 Å². The van der Waals surface area contributed by atoms with Crippen LogP contribution in [0.25, 0.3) is 0 Å². The van der Waals surface area contributed by atoms with Gasteiger partial charge >= 0.3 is 0 Å². The summed E-state index contributed by atoms with van der Waals surface area (Å²) in [5.74, 6) is -0.210. The molecule has 1 heterocycles.